The third-order valence-electron chi connectivity index (χ3n) is 5.38. The fraction of sp³-hybridized carbons (Fsp3) is 0.621. The molecule has 1 N–H and O–H groups in total. The molecule has 6 heteroatoms. The molecule has 1 unspecified atom stereocenters. The molecule has 1 amide bonds. The Morgan fingerprint density at radius 3 is 2.31 bits per heavy atom. The van der Waals surface area contributed by atoms with Gasteiger partial charge >= 0.3 is 0 Å². The zero-order valence-electron chi connectivity index (χ0n) is 22.6. The summed E-state index contributed by atoms with van der Waals surface area (Å²) in [7, 11) is 3.39. The first-order chi connectivity index (χ1) is 17.0. The Balaban J connectivity index is 0.000000953. The van der Waals surface area contributed by atoms with Crippen molar-refractivity contribution in [2.24, 2.45) is 5.92 Å². The molecule has 4 nitrogen and oxygen atoms in total. The van der Waals surface area contributed by atoms with E-state index in [4.69, 9.17) is 16.3 Å². The van der Waals surface area contributed by atoms with Crippen molar-refractivity contribution in [1.82, 2.24) is 5.32 Å². The van der Waals surface area contributed by atoms with Crippen molar-refractivity contribution in [3.05, 3.63) is 58.7 Å². The van der Waals surface area contributed by atoms with Crippen LogP contribution in [0.15, 0.2) is 58.7 Å². The number of halogens is 1. The van der Waals surface area contributed by atoms with E-state index in [9.17, 15) is 4.79 Å². The van der Waals surface area contributed by atoms with Crippen LogP contribution in [0.1, 0.15) is 65.2 Å². The lowest BCUT2D eigenvalue weighted by atomic mass is 10.0. The smallest absolute Gasteiger partial charge is 0.247 e. The fourth-order valence-electron chi connectivity index (χ4n) is 3.41. The summed E-state index contributed by atoms with van der Waals surface area (Å²) in [4.78, 5) is 12.7. The summed E-state index contributed by atoms with van der Waals surface area (Å²) in [6, 6.07) is 0. The van der Waals surface area contributed by atoms with Crippen molar-refractivity contribution in [1.29, 1.82) is 0 Å². The van der Waals surface area contributed by atoms with Crippen molar-refractivity contribution in [2.75, 3.05) is 46.0 Å². The van der Waals surface area contributed by atoms with Gasteiger partial charge in [-0.05, 0) is 81.4 Å². The van der Waals surface area contributed by atoms with Crippen LogP contribution in [0, 0.1) is 5.92 Å². The van der Waals surface area contributed by atoms with Crippen LogP contribution in [0.4, 0.5) is 0 Å². The number of rotatable bonds is 13. The Kier molecular flexibility index (Phi) is 23.5. The Hall–Kier alpha value is -1.27. The summed E-state index contributed by atoms with van der Waals surface area (Å²) in [6.07, 6.45) is 24.9. The number of methoxy groups -OCH3 is 2. The minimum atomic E-state index is 0.0225. The van der Waals surface area contributed by atoms with Crippen LogP contribution < -0.4 is 5.32 Å². The van der Waals surface area contributed by atoms with E-state index in [-0.39, 0.29) is 5.91 Å². The number of nitrogens with one attached hydrogen (secondary N) is 1. The van der Waals surface area contributed by atoms with Gasteiger partial charge in [0.25, 0.3) is 0 Å². The van der Waals surface area contributed by atoms with E-state index in [2.05, 4.69) is 53.6 Å². The Bertz CT molecular complexity index is 678. The number of carbonyl (C=O) groups is 1. The number of allylic oxidation sites excluding steroid dienone is 9. The van der Waals surface area contributed by atoms with E-state index in [1.807, 2.05) is 19.1 Å². The second kappa shape index (κ2) is 24.4. The highest BCUT2D eigenvalue weighted by molar-refractivity contribution is 7.98. The molecule has 0 aliphatic heterocycles. The predicted octanol–water partition coefficient (Wildman–Crippen LogP) is 7.62. The lowest BCUT2D eigenvalue weighted by Crippen LogP contribution is -2.32. The molecular formula is C29H48ClNO3S. The van der Waals surface area contributed by atoms with E-state index < -0.39 is 0 Å². The molecule has 0 spiro atoms. The molecule has 1 atom stereocenters. The van der Waals surface area contributed by atoms with E-state index in [1.54, 1.807) is 26.0 Å². The van der Waals surface area contributed by atoms with E-state index >= 15 is 0 Å². The maximum Gasteiger partial charge on any atom is 0.247 e. The van der Waals surface area contributed by atoms with Gasteiger partial charge in [-0.2, -0.15) is 11.8 Å². The average Bonchev–Trinajstić information content (AvgIpc) is 2.89. The number of carbonyl (C=O) groups excluding carboxylic acids is 1. The van der Waals surface area contributed by atoms with Crippen molar-refractivity contribution < 1.29 is 14.3 Å². The fourth-order valence-corrected chi connectivity index (χ4v) is 4.07. The van der Waals surface area contributed by atoms with Crippen LogP contribution >= 0.6 is 23.4 Å². The quantitative estimate of drug-likeness (QED) is 0.198. The molecule has 2 aliphatic carbocycles. The van der Waals surface area contributed by atoms with Gasteiger partial charge in [0.15, 0.2) is 0 Å². The normalized spacial score (nSPS) is 15.7. The summed E-state index contributed by atoms with van der Waals surface area (Å²) in [5.74, 6) is 1.44. The summed E-state index contributed by atoms with van der Waals surface area (Å²) in [5, 5.41) is 3.95. The Morgan fingerprint density at radius 2 is 1.83 bits per heavy atom. The molecule has 2 aliphatic rings. The maximum atomic E-state index is 12.7. The molecule has 2 rings (SSSR count). The van der Waals surface area contributed by atoms with Crippen LogP contribution in [0.25, 0.3) is 0 Å². The third-order valence-corrected chi connectivity index (χ3v) is 6.48. The zero-order chi connectivity index (χ0) is 26.2. The zero-order valence-corrected chi connectivity index (χ0v) is 24.2. The lowest BCUT2D eigenvalue weighted by Gasteiger charge is -2.17. The first-order valence-corrected chi connectivity index (χ1v) is 14.6. The molecule has 0 aromatic heterocycles. The van der Waals surface area contributed by atoms with Crippen molar-refractivity contribution in [3.8, 4) is 0 Å². The van der Waals surface area contributed by atoms with Crippen LogP contribution in [0.5, 0.6) is 0 Å². The van der Waals surface area contributed by atoms with Gasteiger partial charge in [-0.1, -0.05) is 61.4 Å². The predicted molar refractivity (Wildman–Crippen MR) is 155 cm³/mol. The topological polar surface area (TPSA) is 47.6 Å². The van der Waals surface area contributed by atoms with E-state index in [0.717, 1.165) is 67.1 Å². The highest BCUT2D eigenvalue weighted by Gasteiger charge is 2.14. The first kappa shape index (κ1) is 33.7. The number of amides is 1. The standard InChI is InChI=1S/C20H32ClNO2S.C6H8.C3H8O/c1-4-8-16(15-24-2)14-22-20(23)18(10-7-12-25-3)13-17-9-5-6-11-19(17)21;1-2-4-6-5-3-1;1-3-4-2/h5,9,13,16H,4,6-8,10-12,14-15H2,1-3H3,(H,22,23);1-4H,5-6H2;3H2,1-2H3/b18-13+;;. The molecule has 0 radical (unpaired) electrons. The van der Waals surface area contributed by atoms with Crippen LogP contribution in [-0.4, -0.2) is 51.9 Å². The summed E-state index contributed by atoms with van der Waals surface area (Å²) < 4.78 is 9.80. The Morgan fingerprint density at radius 1 is 1.14 bits per heavy atom. The summed E-state index contributed by atoms with van der Waals surface area (Å²) in [5.41, 5.74) is 1.80. The number of hydrogen-bond acceptors (Lipinski definition) is 4. The summed E-state index contributed by atoms with van der Waals surface area (Å²) >= 11 is 8.14. The van der Waals surface area contributed by atoms with Gasteiger partial charge in [-0.25, -0.2) is 0 Å². The molecule has 200 valence electrons. The molecule has 0 saturated carbocycles. The second-order valence-corrected chi connectivity index (χ2v) is 9.84. The minimum Gasteiger partial charge on any atom is -0.385 e. The molecule has 0 saturated heterocycles. The SMILES string of the molecule is C1=CCCC=C1.CCCC(CNC(=O)/C(=C/C1=C(Cl)CCC=C1)CCCSC)COC.CCOC. The molecular weight excluding hydrogens is 478 g/mol. The van der Waals surface area contributed by atoms with Gasteiger partial charge in [0.1, 0.15) is 0 Å². The van der Waals surface area contributed by atoms with Gasteiger partial charge < -0.3 is 14.8 Å². The third kappa shape index (κ3) is 18.6. The maximum absolute atomic E-state index is 12.7. The number of thioether (sulfide) groups is 1. The number of ether oxygens (including phenoxy) is 2. The first-order valence-electron chi connectivity index (χ1n) is 12.9. The van der Waals surface area contributed by atoms with Gasteiger partial charge in [-0.3, -0.25) is 4.79 Å². The van der Waals surface area contributed by atoms with Gasteiger partial charge in [0, 0.05) is 38.0 Å². The number of hydrogen-bond donors (Lipinski definition) is 1. The van der Waals surface area contributed by atoms with Gasteiger partial charge in [0.2, 0.25) is 5.91 Å². The molecule has 0 fully saturated rings. The molecule has 0 aromatic carbocycles. The largest absolute Gasteiger partial charge is 0.385 e. The molecule has 35 heavy (non-hydrogen) atoms. The van der Waals surface area contributed by atoms with Crippen LogP contribution in [0.2, 0.25) is 0 Å². The van der Waals surface area contributed by atoms with Crippen molar-refractivity contribution >= 4 is 29.3 Å². The van der Waals surface area contributed by atoms with Crippen LogP contribution in [-0.2, 0) is 14.3 Å². The molecule has 0 bridgehead atoms. The van der Waals surface area contributed by atoms with Crippen LogP contribution in [0.3, 0.4) is 0 Å². The highest BCUT2D eigenvalue weighted by atomic mass is 35.5. The van der Waals surface area contributed by atoms with Gasteiger partial charge in [0.05, 0.1) is 6.61 Å². The second-order valence-electron chi connectivity index (χ2n) is 8.40. The van der Waals surface area contributed by atoms with Crippen molar-refractivity contribution in [2.45, 2.75) is 65.2 Å². The monoisotopic (exact) mass is 525 g/mol. The molecule has 0 heterocycles. The Labute approximate surface area is 224 Å². The van der Waals surface area contributed by atoms with Gasteiger partial charge in [-0.15, -0.1) is 0 Å². The highest BCUT2D eigenvalue weighted by Crippen LogP contribution is 2.25. The average molecular weight is 526 g/mol. The molecule has 0 aromatic rings. The minimum absolute atomic E-state index is 0.0225. The summed E-state index contributed by atoms with van der Waals surface area (Å²) in [6.45, 7) is 6.27. The van der Waals surface area contributed by atoms with E-state index in [1.165, 1.54) is 12.8 Å². The lowest BCUT2D eigenvalue weighted by molar-refractivity contribution is -0.117. The van der Waals surface area contributed by atoms with Crippen molar-refractivity contribution in [3.63, 3.8) is 0 Å². The van der Waals surface area contributed by atoms with E-state index in [0.29, 0.717) is 19.1 Å².